The summed E-state index contributed by atoms with van der Waals surface area (Å²) in [5.74, 6) is 1.11. The molecule has 0 heterocycles. The lowest BCUT2D eigenvalue weighted by molar-refractivity contribution is 0.202. The number of aliphatic hydroxyl groups is 2. The van der Waals surface area contributed by atoms with Crippen molar-refractivity contribution in [3.8, 4) is 68.1 Å². The summed E-state index contributed by atoms with van der Waals surface area (Å²) < 4.78 is 12.6. The van der Waals surface area contributed by atoms with Crippen LogP contribution in [0.2, 0.25) is 0 Å². The predicted octanol–water partition coefficient (Wildman–Crippen LogP) is 10.3. The maximum absolute atomic E-state index is 9.85. The largest absolute Gasteiger partial charge is 0.490 e. The molecule has 0 radical (unpaired) electrons. The molecule has 8 nitrogen and oxygen atoms in total. The van der Waals surface area contributed by atoms with Crippen LogP contribution in [0, 0.1) is 35.8 Å². The van der Waals surface area contributed by atoms with Gasteiger partial charge in [0.25, 0.3) is 0 Å². The van der Waals surface area contributed by atoms with Gasteiger partial charge in [-0.2, -0.15) is 10.5 Å². The van der Waals surface area contributed by atoms with E-state index in [4.69, 9.17) is 22.6 Å². The minimum Gasteiger partial charge on any atom is -0.490 e. The molecule has 0 aliphatic rings. The summed E-state index contributed by atoms with van der Waals surface area (Å²) in [4.78, 5) is 7.14. The molecule has 0 atom stereocenters. The van der Waals surface area contributed by atoms with Gasteiger partial charge in [-0.15, -0.1) is 0 Å². The zero-order chi connectivity index (χ0) is 39.0. The summed E-state index contributed by atoms with van der Waals surface area (Å²) >= 11 is 0. The summed E-state index contributed by atoms with van der Waals surface area (Å²) in [5, 5.41) is 38.8. The van der Waals surface area contributed by atoms with Crippen molar-refractivity contribution in [3.63, 3.8) is 0 Å². The highest BCUT2D eigenvalue weighted by Gasteiger charge is 2.30. The van der Waals surface area contributed by atoms with Crippen molar-refractivity contribution in [3.05, 3.63) is 166 Å². The second-order valence-electron chi connectivity index (χ2n) is 13.3. The van der Waals surface area contributed by atoms with Crippen LogP contribution in [0.3, 0.4) is 0 Å². The van der Waals surface area contributed by atoms with E-state index in [9.17, 15) is 20.7 Å². The number of nitrogens with zero attached hydrogens (tertiary/aromatic N) is 4. The SMILES string of the molecule is [C-]#[N+]c1ccc(-c2cc(C(C)(C)c3cc(-c4ccc(C#N)cc4)c(OCCO)c(-c4ccc(C#N)cc4)c3)cc(-c3ccc([N+]#[C-])cc3)c2OCCO)cc1. The van der Waals surface area contributed by atoms with Crippen molar-refractivity contribution in [2.75, 3.05) is 26.4 Å². The van der Waals surface area contributed by atoms with E-state index in [0.29, 0.717) is 34.0 Å². The Balaban J connectivity index is 1.66. The van der Waals surface area contributed by atoms with Crippen molar-refractivity contribution < 1.29 is 19.7 Å². The summed E-state index contributed by atoms with van der Waals surface area (Å²) in [6, 6.07) is 41.8. The molecule has 6 rings (SSSR count). The average Bonchev–Trinajstić information content (AvgIpc) is 3.24. The second kappa shape index (κ2) is 16.6. The molecule has 0 aliphatic heterocycles. The number of hydrogen-bond donors (Lipinski definition) is 2. The summed E-state index contributed by atoms with van der Waals surface area (Å²) in [5.41, 5.74) is 9.52. The van der Waals surface area contributed by atoms with Gasteiger partial charge in [-0.05, 0) is 81.9 Å². The van der Waals surface area contributed by atoms with E-state index in [-0.39, 0.29) is 26.4 Å². The third kappa shape index (κ3) is 7.93. The molecular formula is C47H36N4O4. The molecule has 55 heavy (non-hydrogen) atoms. The second-order valence-corrected chi connectivity index (χ2v) is 13.3. The molecule has 0 saturated heterocycles. The number of benzene rings is 6. The van der Waals surface area contributed by atoms with Crippen LogP contribution >= 0.6 is 0 Å². The van der Waals surface area contributed by atoms with E-state index in [1.165, 1.54) is 0 Å². The molecule has 0 saturated carbocycles. The van der Waals surface area contributed by atoms with E-state index in [0.717, 1.165) is 55.6 Å². The first kappa shape index (κ1) is 37.6. The first-order valence-corrected chi connectivity index (χ1v) is 17.6. The fraction of sp³-hybridized carbons (Fsp3) is 0.149. The molecule has 0 fully saturated rings. The molecular weight excluding hydrogens is 685 g/mol. The van der Waals surface area contributed by atoms with Gasteiger partial charge in [0.05, 0.1) is 49.6 Å². The van der Waals surface area contributed by atoms with Gasteiger partial charge in [0, 0.05) is 27.7 Å². The fourth-order valence-corrected chi connectivity index (χ4v) is 6.49. The molecule has 0 aliphatic carbocycles. The maximum Gasteiger partial charge on any atom is 0.187 e. The number of aliphatic hydroxyl groups excluding tert-OH is 2. The van der Waals surface area contributed by atoms with Crippen molar-refractivity contribution >= 4 is 11.4 Å². The number of rotatable bonds is 12. The average molecular weight is 721 g/mol. The monoisotopic (exact) mass is 720 g/mol. The Morgan fingerprint density at radius 1 is 0.527 bits per heavy atom. The highest BCUT2D eigenvalue weighted by atomic mass is 16.5. The van der Waals surface area contributed by atoms with Gasteiger partial charge in [0.2, 0.25) is 0 Å². The van der Waals surface area contributed by atoms with Gasteiger partial charge in [-0.3, -0.25) is 0 Å². The molecule has 2 N–H and O–H groups in total. The number of hydrogen-bond acceptors (Lipinski definition) is 6. The molecule has 8 heteroatoms. The molecule has 0 spiro atoms. The van der Waals surface area contributed by atoms with Gasteiger partial charge < -0.3 is 19.7 Å². The van der Waals surface area contributed by atoms with Crippen LogP contribution in [0.15, 0.2) is 121 Å². The third-order valence-corrected chi connectivity index (χ3v) is 9.56. The number of ether oxygens (including phenoxy) is 2. The lowest BCUT2D eigenvalue weighted by atomic mass is 9.74. The lowest BCUT2D eigenvalue weighted by Crippen LogP contribution is -2.20. The van der Waals surface area contributed by atoms with Gasteiger partial charge in [0.1, 0.15) is 24.7 Å². The highest BCUT2D eigenvalue weighted by Crippen LogP contribution is 2.48. The Bertz CT molecular complexity index is 2160. The Labute approximate surface area is 321 Å². The third-order valence-electron chi connectivity index (χ3n) is 9.56. The zero-order valence-electron chi connectivity index (χ0n) is 30.4. The highest BCUT2D eigenvalue weighted by molar-refractivity contribution is 5.87. The Kier molecular flexibility index (Phi) is 11.4. The van der Waals surface area contributed by atoms with Crippen LogP contribution in [-0.4, -0.2) is 36.6 Å². The Morgan fingerprint density at radius 2 is 0.818 bits per heavy atom. The van der Waals surface area contributed by atoms with Crippen molar-refractivity contribution in [2.24, 2.45) is 0 Å². The summed E-state index contributed by atoms with van der Waals surface area (Å²) in [7, 11) is 0. The van der Waals surface area contributed by atoms with E-state index in [2.05, 4.69) is 59.9 Å². The Hall–Kier alpha value is -7.20. The molecule has 0 bridgehead atoms. The summed E-state index contributed by atoms with van der Waals surface area (Å²) in [6.45, 7) is 19.0. The maximum atomic E-state index is 9.85. The van der Waals surface area contributed by atoms with Crippen molar-refractivity contribution in [1.29, 1.82) is 10.5 Å². The predicted molar refractivity (Wildman–Crippen MR) is 214 cm³/mol. The normalized spacial score (nSPS) is 10.8. The van der Waals surface area contributed by atoms with Crippen LogP contribution in [0.4, 0.5) is 11.4 Å². The van der Waals surface area contributed by atoms with Crippen LogP contribution in [0.5, 0.6) is 11.5 Å². The van der Waals surface area contributed by atoms with Crippen LogP contribution in [0.25, 0.3) is 54.2 Å². The molecule has 0 aromatic heterocycles. The van der Waals surface area contributed by atoms with Crippen molar-refractivity contribution in [2.45, 2.75) is 19.3 Å². The van der Waals surface area contributed by atoms with E-state index < -0.39 is 5.41 Å². The van der Waals surface area contributed by atoms with Gasteiger partial charge >= 0.3 is 0 Å². The first-order chi connectivity index (χ1) is 26.7. The van der Waals surface area contributed by atoms with E-state index in [1.807, 2.05) is 48.5 Å². The fourth-order valence-electron chi connectivity index (χ4n) is 6.49. The first-order valence-electron chi connectivity index (χ1n) is 17.6. The van der Waals surface area contributed by atoms with Crippen molar-refractivity contribution in [1.82, 2.24) is 0 Å². The van der Waals surface area contributed by atoms with Crippen LogP contribution in [-0.2, 0) is 5.41 Å². The quantitative estimate of drug-likeness (QED) is 0.122. The van der Waals surface area contributed by atoms with E-state index >= 15 is 0 Å². The topological polar surface area (TPSA) is 115 Å². The molecule has 268 valence electrons. The van der Waals surface area contributed by atoms with Gasteiger partial charge in [0.15, 0.2) is 11.4 Å². The molecule has 0 unspecified atom stereocenters. The minimum absolute atomic E-state index is 0.0515. The van der Waals surface area contributed by atoms with E-state index in [1.54, 1.807) is 48.5 Å². The van der Waals surface area contributed by atoms with Crippen LogP contribution < -0.4 is 9.47 Å². The molecule has 0 amide bonds. The smallest absolute Gasteiger partial charge is 0.187 e. The minimum atomic E-state index is -0.690. The zero-order valence-corrected chi connectivity index (χ0v) is 30.4. The standard InChI is InChI=1S/C47H36N4O4/c1-47(2,37-25-41(33-9-5-31(29-48)6-10-33)45(54-23-21-52)42(26-37)34-11-7-32(30-49)8-12-34)38-27-43(35-13-17-39(50-3)18-14-35)46(55-24-22-53)44(28-38)36-15-19-40(51-4)20-16-36/h5-20,25-28,52-53H,21-24H2,1-2H3. The van der Waals surface area contributed by atoms with Gasteiger partial charge in [-0.25, -0.2) is 9.69 Å². The van der Waals surface area contributed by atoms with Crippen LogP contribution in [0.1, 0.15) is 36.1 Å². The van der Waals surface area contributed by atoms with Gasteiger partial charge in [-0.1, -0.05) is 86.6 Å². The lowest BCUT2D eigenvalue weighted by Gasteiger charge is -2.31. The molecule has 6 aromatic carbocycles. The molecule has 6 aromatic rings. The number of nitriles is 2. The Morgan fingerprint density at radius 3 is 1.07 bits per heavy atom. The summed E-state index contributed by atoms with van der Waals surface area (Å²) in [6.07, 6.45) is 0.